The van der Waals surface area contributed by atoms with Gasteiger partial charge in [-0.2, -0.15) is 0 Å². The molecule has 0 aliphatic heterocycles. The molecule has 1 atom stereocenters. The number of carbonyl (C=O) groups excluding carboxylic acids is 1. The van der Waals surface area contributed by atoms with Crippen LogP contribution in [0.2, 0.25) is 0 Å². The van der Waals surface area contributed by atoms with E-state index in [2.05, 4.69) is 19.2 Å². The minimum atomic E-state index is -0.681. The summed E-state index contributed by atoms with van der Waals surface area (Å²) < 4.78 is 16.1. The zero-order valence-electron chi connectivity index (χ0n) is 13.4. The van der Waals surface area contributed by atoms with E-state index >= 15 is 0 Å². The van der Waals surface area contributed by atoms with E-state index in [1.54, 1.807) is 21.0 Å². The lowest BCUT2D eigenvalue weighted by atomic mass is 10.1. The lowest BCUT2D eigenvalue weighted by Gasteiger charge is -2.19. The van der Waals surface area contributed by atoms with Crippen LogP contribution < -0.4 is 14.8 Å². The Morgan fingerprint density at radius 3 is 2.57 bits per heavy atom. The van der Waals surface area contributed by atoms with Gasteiger partial charge in [-0.25, -0.2) is 4.79 Å². The van der Waals surface area contributed by atoms with Crippen LogP contribution in [0.3, 0.4) is 0 Å². The summed E-state index contributed by atoms with van der Waals surface area (Å²) >= 11 is 0. The fourth-order valence-corrected chi connectivity index (χ4v) is 1.79. The van der Waals surface area contributed by atoms with Crippen LogP contribution in [0.15, 0.2) is 18.2 Å². The number of methoxy groups -OCH3 is 1. The Hall–Kier alpha value is -1.75. The molecule has 5 nitrogen and oxygen atoms in total. The second-order valence-corrected chi connectivity index (χ2v) is 5.00. The summed E-state index contributed by atoms with van der Waals surface area (Å²) in [7, 11) is 1.58. The highest BCUT2D eigenvalue weighted by atomic mass is 16.6. The number of rotatable bonds is 8. The van der Waals surface area contributed by atoms with Gasteiger partial charge in [0.25, 0.3) is 0 Å². The molecule has 0 aliphatic rings. The molecule has 118 valence electrons. The standard InChI is InChI=1S/C16H25NO4/c1-6-20-16(18)12(4)21-15-13(10-17-11(2)3)8-7-9-14(15)19-5/h7-9,11-12,17H,6,10H2,1-5H3. The lowest BCUT2D eigenvalue weighted by Crippen LogP contribution is -2.27. The maximum absolute atomic E-state index is 11.7. The Balaban J connectivity index is 2.93. The van der Waals surface area contributed by atoms with Gasteiger partial charge in [0.05, 0.1) is 13.7 Å². The zero-order valence-corrected chi connectivity index (χ0v) is 13.4. The van der Waals surface area contributed by atoms with Crippen LogP contribution in [0.5, 0.6) is 11.5 Å². The first-order valence-electron chi connectivity index (χ1n) is 7.22. The first kappa shape index (κ1) is 17.3. The highest BCUT2D eigenvalue weighted by molar-refractivity contribution is 5.74. The molecular weight excluding hydrogens is 270 g/mol. The molecule has 1 rings (SSSR count). The summed E-state index contributed by atoms with van der Waals surface area (Å²) in [6.07, 6.45) is -0.681. The van der Waals surface area contributed by atoms with Gasteiger partial charge in [-0.1, -0.05) is 26.0 Å². The number of para-hydroxylation sites is 1. The predicted octanol–water partition coefficient (Wildman–Crippen LogP) is 2.52. The van der Waals surface area contributed by atoms with Gasteiger partial charge in [-0.15, -0.1) is 0 Å². The van der Waals surface area contributed by atoms with Crippen LogP contribution in [0, 0.1) is 0 Å². The normalized spacial score (nSPS) is 12.1. The van der Waals surface area contributed by atoms with Crippen molar-refractivity contribution in [2.45, 2.75) is 46.4 Å². The lowest BCUT2D eigenvalue weighted by molar-refractivity contribution is -0.150. The number of esters is 1. The molecule has 0 fully saturated rings. The number of nitrogens with one attached hydrogen (secondary N) is 1. The van der Waals surface area contributed by atoms with Gasteiger partial charge in [-0.3, -0.25) is 0 Å². The van der Waals surface area contributed by atoms with Crippen LogP contribution in [-0.2, 0) is 16.1 Å². The van der Waals surface area contributed by atoms with E-state index in [9.17, 15) is 4.79 Å². The Morgan fingerprint density at radius 1 is 1.29 bits per heavy atom. The van der Waals surface area contributed by atoms with E-state index in [1.165, 1.54) is 0 Å². The molecule has 0 aliphatic carbocycles. The maximum atomic E-state index is 11.7. The molecular formula is C16H25NO4. The molecule has 0 saturated carbocycles. The van der Waals surface area contributed by atoms with Gasteiger partial charge in [0.2, 0.25) is 0 Å². The maximum Gasteiger partial charge on any atom is 0.347 e. The van der Waals surface area contributed by atoms with Crippen LogP contribution >= 0.6 is 0 Å². The molecule has 5 heteroatoms. The quantitative estimate of drug-likeness (QED) is 0.747. The summed E-state index contributed by atoms with van der Waals surface area (Å²) in [5.41, 5.74) is 0.944. The van der Waals surface area contributed by atoms with Crippen LogP contribution in [0.25, 0.3) is 0 Å². The van der Waals surface area contributed by atoms with Crippen molar-refractivity contribution >= 4 is 5.97 Å². The second-order valence-electron chi connectivity index (χ2n) is 5.00. The average molecular weight is 295 g/mol. The van der Waals surface area contributed by atoms with Gasteiger partial charge >= 0.3 is 5.97 Å². The van der Waals surface area contributed by atoms with Crippen LogP contribution in [0.4, 0.5) is 0 Å². The minimum Gasteiger partial charge on any atom is -0.493 e. The van der Waals surface area contributed by atoms with Crippen LogP contribution in [0.1, 0.15) is 33.3 Å². The van der Waals surface area contributed by atoms with Crippen molar-refractivity contribution in [3.63, 3.8) is 0 Å². The molecule has 1 N–H and O–H groups in total. The monoisotopic (exact) mass is 295 g/mol. The van der Waals surface area contributed by atoms with Crippen molar-refractivity contribution in [2.24, 2.45) is 0 Å². The fraction of sp³-hybridized carbons (Fsp3) is 0.562. The van der Waals surface area contributed by atoms with Gasteiger partial charge in [0.15, 0.2) is 17.6 Å². The summed E-state index contributed by atoms with van der Waals surface area (Å²) in [6.45, 7) is 8.56. The average Bonchev–Trinajstić information content (AvgIpc) is 2.46. The van der Waals surface area contributed by atoms with Crippen LogP contribution in [-0.4, -0.2) is 31.8 Å². The molecule has 0 spiro atoms. The summed E-state index contributed by atoms with van der Waals surface area (Å²) in [5, 5.41) is 3.33. The van der Waals surface area contributed by atoms with Gasteiger partial charge in [0.1, 0.15) is 0 Å². The highest BCUT2D eigenvalue weighted by Gasteiger charge is 2.20. The van der Waals surface area contributed by atoms with E-state index in [4.69, 9.17) is 14.2 Å². The first-order chi connectivity index (χ1) is 9.99. The Kier molecular flexibility index (Phi) is 7.02. The number of benzene rings is 1. The van der Waals surface area contributed by atoms with Crippen molar-refractivity contribution < 1.29 is 19.0 Å². The number of ether oxygens (including phenoxy) is 3. The van der Waals surface area contributed by atoms with Crippen molar-refractivity contribution in [3.05, 3.63) is 23.8 Å². The molecule has 0 amide bonds. The van der Waals surface area contributed by atoms with Crippen molar-refractivity contribution in [3.8, 4) is 11.5 Å². The predicted molar refractivity (Wildman–Crippen MR) is 81.7 cm³/mol. The topological polar surface area (TPSA) is 56.8 Å². The summed E-state index contributed by atoms with van der Waals surface area (Å²) in [6, 6.07) is 6.02. The minimum absolute atomic E-state index is 0.334. The largest absolute Gasteiger partial charge is 0.493 e. The first-order valence-corrected chi connectivity index (χ1v) is 7.22. The van der Waals surface area contributed by atoms with E-state index < -0.39 is 6.10 Å². The number of carbonyl (C=O) groups is 1. The van der Waals surface area contributed by atoms with Crippen molar-refractivity contribution in [1.82, 2.24) is 5.32 Å². The molecule has 1 aromatic rings. The second kappa shape index (κ2) is 8.52. The summed E-state index contributed by atoms with van der Waals surface area (Å²) in [5.74, 6) is 0.800. The molecule has 0 bridgehead atoms. The van der Waals surface area contributed by atoms with Gasteiger partial charge in [-0.05, 0) is 19.9 Å². The highest BCUT2D eigenvalue weighted by Crippen LogP contribution is 2.32. The summed E-state index contributed by atoms with van der Waals surface area (Å²) in [4.78, 5) is 11.7. The van der Waals surface area contributed by atoms with Crippen molar-refractivity contribution in [2.75, 3.05) is 13.7 Å². The number of hydrogen-bond acceptors (Lipinski definition) is 5. The SMILES string of the molecule is CCOC(=O)C(C)Oc1c(CNC(C)C)cccc1OC. The third kappa shape index (κ3) is 5.27. The molecule has 0 aromatic heterocycles. The number of hydrogen-bond donors (Lipinski definition) is 1. The Bertz CT molecular complexity index is 460. The van der Waals surface area contributed by atoms with E-state index in [-0.39, 0.29) is 5.97 Å². The van der Waals surface area contributed by atoms with Gasteiger partial charge in [0, 0.05) is 18.2 Å². The third-order valence-electron chi connectivity index (χ3n) is 2.89. The third-order valence-corrected chi connectivity index (χ3v) is 2.89. The van der Waals surface area contributed by atoms with Crippen molar-refractivity contribution in [1.29, 1.82) is 0 Å². The molecule has 1 unspecified atom stereocenters. The fourth-order valence-electron chi connectivity index (χ4n) is 1.79. The van der Waals surface area contributed by atoms with Gasteiger partial charge < -0.3 is 19.5 Å². The smallest absolute Gasteiger partial charge is 0.347 e. The van der Waals surface area contributed by atoms with E-state index in [1.807, 2.05) is 18.2 Å². The Labute approximate surface area is 126 Å². The molecule has 0 heterocycles. The zero-order chi connectivity index (χ0) is 15.8. The molecule has 21 heavy (non-hydrogen) atoms. The Morgan fingerprint density at radius 2 is 2.00 bits per heavy atom. The molecule has 1 aromatic carbocycles. The van der Waals surface area contributed by atoms with E-state index in [0.29, 0.717) is 30.7 Å². The molecule has 0 radical (unpaired) electrons. The van der Waals surface area contributed by atoms with E-state index in [0.717, 1.165) is 5.56 Å². The molecule has 0 saturated heterocycles.